The van der Waals surface area contributed by atoms with Crippen LogP contribution in [0, 0.1) is 5.92 Å². The minimum absolute atomic E-state index is 0. The number of rotatable bonds is 4. The predicted molar refractivity (Wildman–Crippen MR) is 92.2 cm³/mol. The van der Waals surface area contributed by atoms with Gasteiger partial charge in [0.2, 0.25) is 5.91 Å². The zero-order valence-corrected chi connectivity index (χ0v) is 15.0. The van der Waals surface area contributed by atoms with E-state index in [1.165, 1.54) is 11.3 Å². The number of carbonyl (C=O) groups excluding carboxylic acids is 1. The summed E-state index contributed by atoms with van der Waals surface area (Å²) >= 11 is 7.49. The Morgan fingerprint density at radius 1 is 1.52 bits per heavy atom. The number of nitrogens with two attached hydrogens (primary N) is 1. The van der Waals surface area contributed by atoms with E-state index in [1.54, 1.807) is 0 Å². The van der Waals surface area contributed by atoms with Crippen molar-refractivity contribution >= 4 is 41.3 Å². The van der Waals surface area contributed by atoms with Crippen LogP contribution in [0.3, 0.4) is 0 Å². The van der Waals surface area contributed by atoms with E-state index in [0.29, 0.717) is 13.1 Å². The minimum atomic E-state index is -0.365. The van der Waals surface area contributed by atoms with Crippen LogP contribution < -0.4 is 5.73 Å². The maximum atomic E-state index is 12.8. The number of carbonyl (C=O) groups is 1. The Labute approximate surface area is 142 Å². The maximum absolute atomic E-state index is 12.8. The van der Waals surface area contributed by atoms with E-state index >= 15 is 0 Å². The molecule has 1 heterocycles. The number of hydrogen-bond donors (Lipinski definition) is 1. The van der Waals surface area contributed by atoms with E-state index < -0.39 is 0 Å². The molecule has 3 nitrogen and oxygen atoms in total. The van der Waals surface area contributed by atoms with Crippen LogP contribution >= 0.6 is 35.3 Å². The molecule has 1 aromatic rings. The number of hydrogen-bond acceptors (Lipinski definition) is 3. The van der Waals surface area contributed by atoms with Crippen LogP contribution in [0.5, 0.6) is 0 Å². The van der Waals surface area contributed by atoms with Gasteiger partial charge in [-0.05, 0) is 38.8 Å². The molecule has 0 saturated heterocycles. The first-order valence-electron chi connectivity index (χ1n) is 7.26. The monoisotopic (exact) mass is 350 g/mol. The predicted octanol–water partition coefficient (Wildman–Crippen LogP) is 4.08. The van der Waals surface area contributed by atoms with E-state index in [0.717, 1.165) is 34.9 Å². The lowest BCUT2D eigenvalue weighted by molar-refractivity contribution is -0.139. The SMILES string of the molecule is CCN(Cc1ccc(Cl)s1)C(=O)C1CCCCC1(C)N.Cl. The molecule has 1 aliphatic rings. The zero-order chi connectivity index (χ0) is 14.8. The molecule has 0 aromatic carbocycles. The minimum Gasteiger partial charge on any atom is -0.338 e. The number of amides is 1. The second-order valence-corrected chi connectivity index (χ2v) is 7.66. The molecule has 2 N–H and O–H groups in total. The second kappa shape index (κ2) is 7.82. The van der Waals surface area contributed by atoms with Crippen LogP contribution in [-0.2, 0) is 11.3 Å². The van der Waals surface area contributed by atoms with Crippen LogP contribution in [0.15, 0.2) is 12.1 Å². The maximum Gasteiger partial charge on any atom is 0.227 e. The van der Waals surface area contributed by atoms with Crippen molar-refractivity contribution in [2.45, 2.75) is 51.6 Å². The van der Waals surface area contributed by atoms with Gasteiger partial charge in [-0.25, -0.2) is 0 Å². The molecular formula is C15H24Cl2N2OS. The lowest BCUT2D eigenvalue weighted by Gasteiger charge is -2.39. The van der Waals surface area contributed by atoms with Gasteiger partial charge >= 0.3 is 0 Å². The highest BCUT2D eigenvalue weighted by Gasteiger charge is 2.39. The molecule has 1 saturated carbocycles. The summed E-state index contributed by atoms with van der Waals surface area (Å²) in [6.07, 6.45) is 4.08. The van der Waals surface area contributed by atoms with Gasteiger partial charge < -0.3 is 10.6 Å². The molecule has 21 heavy (non-hydrogen) atoms. The quantitative estimate of drug-likeness (QED) is 0.888. The Balaban J connectivity index is 0.00000220. The largest absolute Gasteiger partial charge is 0.338 e. The van der Waals surface area contributed by atoms with E-state index in [4.69, 9.17) is 17.3 Å². The third kappa shape index (κ3) is 4.59. The average Bonchev–Trinajstić information content (AvgIpc) is 2.80. The zero-order valence-electron chi connectivity index (χ0n) is 12.6. The van der Waals surface area contributed by atoms with Gasteiger partial charge in [0, 0.05) is 17.0 Å². The smallest absolute Gasteiger partial charge is 0.227 e. The molecule has 6 heteroatoms. The van der Waals surface area contributed by atoms with Crippen LogP contribution in [0.1, 0.15) is 44.4 Å². The van der Waals surface area contributed by atoms with Crippen molar-refractivity contribution in [1.29, 1.82) is 0 Å². The summed E-state index contributed by atoms with van der Waals surface area (Å²) in [5.41, 5.74) is 5.98. The molecule has 2 rings (SSSR count). The highest BCUT2D eigenvalue weighted by molar-refractivity contribution is 7.16. The lowest BCUT2D eigenvalue weighted by atomic mass is 9.74. The Morgan fingerprint density at radius 3 is 2.76 bits per heavy atom. The Hall–Kier alpha value is -0.290. The van der Waals surface area contributed by atoms with Crippen molar-refractivity contribution in [2.24, 2.45) is 11.7 Å². The number of thiophene rings is 1. The van der Waals surface area contributed by atoms with Gasteiger partial charge in [-0.15, -0.1) is 23.7 Å². The molecule has 0 bridgehead atoms. The third-order valence-electron chi connectivity index (χ3n) is 4.22. The standard InChI is InChI=1S/C15H23ClN2OS.ClH/c1-3-18(10-11-7-8-13(16)20-11)14(19)12-6-4-5-9-15(12,2)17;/h7-8,12H,3-6,9-10,17H2,1-2H3;1H. The molecule has 2 atom stereocenters. The molecule has 1 aliphatic carbocycles. The summed E-state index contributed by atoms with van der Waals surface area (Å²) in [7, 11) is 0. The van der Waals surface area contributed by atoms with Crippen molar-refractivity contribution in [1.82, 2.24) is 4.90 Å². The molecular weight excluding hydrogens is 327 g/mol. The van der Waals surface area contributed by atoms with Crippen molar-refractivity contribution in [2.75, 3.05) is 6.54 Å². The first-order chi connectivity index (χ1) is 9.44. The van der Waals surface area contributed by atoms with Crippen LogP contribution in [0.2, 0.25) is 4.34 Å². The van der Waals surface area contributed by atoms with Gasteiger partial charge in [0.15, 0.2) is 0 Å². The summed E-state index contributed by atoms with van der Waals surface area (Å²) in [5.74, 6) is 0.147. The summed E-state index contributed by atoms with van der Waals surface area (Å²) in [6.45, 7) is 5.38. The molecule has 2 unspecified atom stereocenters. The van der Waals surface area contributed by atoms with Gasteiger partial charge in [0.25, 0.3) is 0 Å². The van der Waals surface area contributed by atoms with Crippen molar-refractivity contribution in [3.63, 3.8) is 0 Å². The van der Waals surface area contributed by atoms with Crippen LogP contribution in [0.25, 0.3) is 0 Å². The second-order valence-electron chi connectivity index (χ2n) is 5.86. The van der Waals surface area contributed by atoms with Crippen LogP contribution in [-0.4, -0.2) is 22.9 Å². The fraction of sp³-hybridized carbons (Fsp3) is 0.667. The summed E-state index contributed by atoms with van der Waals surface area (Å²) < 4.78 is 0.768. The Kier molecular flexibility index (Phi) is 6.98. The molecule has 0 radical (unpaired) electrons. The molecule has 120 valence electrons. The third-order valence-corrected chi connectivity index (χ3v) is 5.44. The number of nitrogens with zero attached hydrogens (tertiary/aromatic N) is 1. The van der Waals surface area contributed by atoms with Gasteiger partial charge in [0.05, 0.1) is 16.8 Å². The van der Waals surface area contributed by atoms with Gasteiger partial charge in [-0.2, -0.15) is 0 Å². The van der Waals surface area contributed by atoms with Crippen molar-refractivity contribution in [3.05, 3.63) is 21.3 Å². The fourth-order valence-electron chi connectivity index (χ4n) is 2.95. The fourth-order valence-corrected chi connectivity index (χ4v) is 4.06. The van der Waals surface area contributed by atoms with Gasteiger partial charge in [0.1, 0.15) is 0 Å². The Bertz CT molecular complexity index is 476. The van der Waals surface area contributed by atoms with Gasteiger partial charge in [-0.3, -0.25) is 4.79 Å². The first kappa shape index (κ1) is 18.8. The van der Waals surface area contributed by atoms with E-state index in [-0.39, 0.29) is 29.8 Å². The van der Waals surface area contributed by atoms with Gasteiger partial charge in [-0.1, -0.05) is 24.4 Å². The first-order valence-corrected chi connectivity index (χ1v) is 8.45. The molecule has 1 fully saturated rings. The summed E-state index contributed by atoms with van der Waals surface area (Å²) in [4.78, 5) is 15.8. The van der Waals surface area contributed by atoms with E-state index in [9.17, 15) is 4.79 Å². The topological polar surface area (TPSA) is 46.3 Å². The van der Waals surface area contributed by atoms with Crippen LogP contribution in [0.4, 0.5) is 0 Å². The molecule has 1 aromatic heterocycles. The normalized spacial score (nSPS) is 25.2. The lowest BCUT2D eigenvalue weighted by Crippen LogP contribution is -2.53. The summed E-state index contributed by atoms with van der Waals surface area (Å²) in [6, 6.07) is 3.87. The van der Waals surface area contributed by atoms with Crippen molar-refractivity contribution < 1.29 is 4.79 Å². The average molecular weight is 351 g/mol. The Morgan fingerprint density at radius 2 is 2.24 bits per heavy atom. The number of halogens is 2. The molecule has 0 aliphatic heterocycles. The molecule has 1 amide bonds. The highest BCUT2D eigenvalue weighted by atomic mass is 35.5. The van der Waals surface area contributed by atoms with E-state index in [2.05, 4.69) is 0 Å². The molecule has 0 spiro atoms. The highest BCUT2D eigenvalue weighted by Crippen LogP contribution is 2.33. The van der Waals surface area contributed by atoms with E-state index in [1.807, 2.05) is 30.9 Å². The summed E-state index contributed by atoms with van der Waals surface area (Å²) in [5, 5.41) is 0. The van der Waals surface area contributed by atoms with Crippen molar-refractivity contribution in [3.8, 4) is 0 Å².